The first kappa shape index (κ1) is 15.5. The Morgan fingerprint density at radius 1 is 1.29 bits per heavy atom. The van der Waals surface area contributed by atoms with Gasteiger partial charge < -0.3 is 11.1 Å². The third-order valence-electron chi connectivity index (χ3n) is 3.73. The summed E-state index contributed by atoms with van der Waals surface area (Å²) in [6.45, 7) is 3.00. The number of nitrogens with one attached hydrogen (secondary N) is 1. The Balaban J connectivity index is 2.02. The van der Waals surface area contributed by atoms with Crippen LogP contribution in [0, 0.1) is 0 Å². The average molecular weight is 290 g/mol. The van der Waals surface area contributed by atoms with Crippen LogP contribution in [0.2, 0.25) is 0 Å². The molecule has 6 nitrogen and oxygen atoms in total. The molecule has 0 aliphatic carbocycles. The van der Waals surface area contributed by atoms with Crippen molar-refractivity contribution in [1.82, 2.24) is 15.1 Å². The van der Waals surface area contributed by atoms with Crippen molar-refractivity contribution in [3.8, 4) is 0 Å². The van der Waals surface area contributed by atoms with Crippen LogP contribution in [0.25, 0.3) is 0 Å². The van der Waals surface area contributed by atoms with Crippen molar-refractivity contribution >= 4 is 11.8 Å². The molecule has 1 aliphatic heterocycles. The van der Waals surface area contributed by atoms with Crippen molar-refractivity contribution in [2.24, 2.45) is 5.73 Å². The number of hydrogen-bond donors (Lipinski definition) is 2. The zero-order chi connectivity index (χ0) is 15.2. The molecule has 1 fully saturated rings. The van der Waals surface area contributed by atoms with Gasteiger partial charge in [0.05, 0.1) is 6.54 Å². The number of primary amides is 1. The number of nitrogens with two attached hydrogens (primary N) is 1. The minimum absolute atomic E-state index is 0.0750. The fourth-order valence-corrected chi connectivity index (χ4v) is 2.67. The molecule has 0 bridgehead atoms. The van der Waals surface area contributed by atoms with E-state index in [4.69, 9.17) is 5.73 Å². The number of likely N-dealkylation sites (N-methyl/N-ethyl adjacent to an activating group) is 1. The predicted octanol–water partition coefficient (Wildman–Crippen LogP) is -0.596. The molecule has 1 saturated heterocycles. The van der Waals surface area contributed by atoms with Crippen LogP contribution < -0.4 is 11.1 Å². The number of benzene rings is 1. The number of carbonyl (C=O) groups is 2. The first-order valence-electron chi connectivity index (χ1n) is 7.10. The van der Waals surface area contributed by atoms with E-state index in [1.54, 1.807) is 7.05 Å². The smallest absolute Gasteiger partial charge is 0.238 e. The highest BCUT2D eigenvalue weighted by Gasteiger charge is 2.32. The molecule has 2 rings (SSSR count). The largest absolute Gasteiger partial charge is 0.369 e. The Kier molecular flexibility index (Phi) is 5.30. The number of piperazine rings is 1. The van der Waals surface area contributed by atoms with E-state index < -0.39 is 5.91 Å². The van der Waals surface area contributed by atoms with E-state index in [1.165, 1.54) is 5.56 Å². The first-order chi connectivity index (χ1) is 10.1. The number of carbonyl (C=O) groups excluding carboxylic acids is 2. The van der Waals surface area contributed by atoms with E-state index in [1.807, 2.05) is 23.1 Å². The van der Waals surface area contributed by atoms with Crippen LogP contribution >= 0.6 is 0 Å². The molecule has 3 N–H and O–H groups in total. The topological polar surface area (TPSA) is 78.7 Å². The van der Waals surface area contributed by atoms with Gasteiger partial charge in [0.1, 0.15) is 6.04 Å². The zero-order valence-corrected chi connectivity index (χ0v) is 12.3. The molecule has 114 valence electrons. The summed E-state index contributed by atoms with van der Waals surface area (Å²) in [6, 6.07) is 9.82. The number of nitrogens with zero attached hydrogens (tertiary/aromatic N) is 2. The Labute approximate surface area is 124 Å². The molecule has 6 heteroatoms. The summed E-state index contributed by atoms with van der Waals surface area (Å²) in [4.78, 5) is 27.2. The second-order valence-electron chi connectivity index (χ2n) is 5.29. The molecule has 2 amide bonds. The van der Waals surface area contributed by atoms with Crippen molar-refractivity contribution in [2.75, 3.05) is 33.2 Å². The molecular weight excluding hydrogens is 268 g/mol. The third kappa shape index (κ3) is 4.27. The normalized spacial score (nSPS) is 20.1. The van der Waals surface area contributed by atoms with Crippen molar-refractivity contribution in [3.63, 3.8) is 0 Å². The minimum Gasteiger partial charge on any atom is -0.369 e. The van der Waals surface area contributed by atoms with E-state index in [9.17, 15) is 9.59 Å². The molecule has 1 aromatic carbocycles. The van der Waals surface area contributed by atoms with Crippen molar-refractivity contribution < 1.29 is 9.59 Å². The quantitative estimate of drug-likeness (QED) is 0.759. The molecule has 0 aromatic heterocycles. The Hall–Kier alpha value is -1.92. The highest BCUT2D eigenvalue weighted by Crippen LogP contribution is 2.13. The number of amides is 2. The zero-order valence-electron chi connectivity index (χ0n) is 12.3. The van der Waals surface area contributed by atoms with Crippen LogP contribution in [0.1, 0.15) is 5.56 Å². The summed E-state index contributed by atoms with van der Waals surface area (Å²) in [5, 5.41) is 2.66. The molecular formula is C15H22N4O2. The van der Waals surface area contributed by atoms with E-state index in [0.717, 1.165) is 13.1 Å². The molecule has 1 heterocycles. The Bertz CT molecular complexity index is 492. The Morgan fingerprint density at radius 3 is 2.62 bits per heavy atom. The van der Waals surface area contributed by atoms with Crippen LogP contribution in [0.4, 0.5) is 0 Å². The molecule has 1 atom stereocenters. The summed E-state index contributed by atoms with van der Waals surface area (Å²) in [6.07, 6.45) is 0. The van der Waals surface area contributed by atoms with Crippen molar-refractivity contribution in [1.29, 1.82) is 0 Å². The van der Waals surface area contributed by atoms with E-state index >= 15 is 0 Å². The lowest BCUT2D eigenvalue weighted by atomic mass is 10.1. The Morgan fingerprint density at radius 2 is 2.00 bits per heavy atom. The van der Waals surface area contributed by atoms with Crippen LogP contribution in [0.5, 0.6) is 0 Å². The first-order valence-corrected chi connectivity index (χ1v) is 7.10. The van der Waals surface area contributed by atoms with Gasteiger partial charge in [-0.3, -0.25) is 19.4 Å². The predicted molar refractivity (Wildman–Crippen MR) is 80.3 cm³/mol. The molecule has 21 heavy (non-hydrogen) atoms. The van der Waals surface area contributed by atoms with Crippen LogP contribution in [0.15, 0.2) is 30.3 Å². The molecule has 0 radical (unpaired) electrons. The highest BCUT2D eigenvalue weighted by molar-refractivity contribution is 5.83. The number of rotatable bonds is 5. The highest BCUT2D eigenvalue weighted by atomic mass is 16.2. The van der Waals surface area contributed by atoms with Crippen molar-refractivity contribution in [2.45, 2.75) is 12.6 Å². The maximum atomic E-state index is 12.0. The fourth-order valence-electron chi connectivity index (χ4n) is 2.67. The van der Waals surface area contributed by atoms with E-state index in [-0.39, 0.29) is 18.5 Å². The summed E-state index contributed by atoms with van der Waals surface area (Å²) in [5.74, 6) is -0.477. The fraction of sp³-hybridized carbons (Fsp3) is 0.467. The van der Waals surface area contributed by atoms with Gasteiger partial charge in [0, 0.05) is 33.2 Å². The van der Waals surface area contributed by atoms with Crippen LogP contribution in [-0.2, 0) is 16.1 Å². The molecule has 0 unspecified atom stereocenters. The summed E-state index contributed by atoms with van der Waals surface area (Å²) in [7, 11) is 1.61. The van der Waals surface area contributed by atoms with Crippen molar-refractivity contribution in [3.05, 3.63) is 35.9 Å². The van der Waals surface area contributed by atoms with E-state index in [2.05, 4.69) is 22.3 Å². The van der Waals surface area contributed by atoms with Gasteiger partial charge in [0.15, 0.2) is 0 Å². The minimum atomic E-state index is -0.402. The standard InChI is InChI=1S/C15H22N4O2/c1-17-15(21)13-10-18(7-8-19(13)11-14(16)20)9-12-5-3-2-4-6-12/h2-6,13H,7-11H2,1H3,(H2,16,20)(H,17,21)/t13-/m1/s1. The maximum Gasteiger partial charge on any atom is 0.238 e. The van der Waals surface area contributed by atoms with Gasteiger partial charge in [-0.05, 0) is 5.56 Å². The number of hydrogen-bond acceptors (Lipinski definition) is 4. The molecule has 1 aromatic rings. The summed E-state index contributed by atoms with van der Waals surface area (Å²) in [5.41, 5.74) is 6.48. The summed E-state index contributed by atoms with van der Waals surface area (Å²) < 4.78 is 0. The monoisotopic (exact) mass is 290 g/mol. The third-order valence-corrected chi connectivity index (χ3v) is 3.73. The van der Waals surface area contributed by atoms with Crippen LogP contribution in [-0.4, -0.2) is 60.9 Å². The van der Waals surface area contributed by atoms with Gasteiger partial charge in [-0.1, -0.05) is 30.3 Å². The summed E-state index contributed by atoms with van der Waals surface area (Å²) >= 11 is 0. The van der Waals surface area contributed by atoms with Crippen LogP contribution in [0.3, 0.4) is 0 Å². The maximum absolute atomic E-state index is 12.0. The van der Waals surface area contributed by atoms with Gasteiger partial charge in [0.2, 0.25) is 11.8 Å². The van der Waals surface area contributed by atoms with Gasteiger partial charge in [0.25, 0.3) is 0 Å². The SMILES string of the molecule is CNC(=O)[C@H]1CN(Cc2ccccc2)CCN1CC(N)=O. The molecule has 0 saturated carbocycles. The lowest BCUT2D eigenvalue weighted by Gasteiger charge is -2.39. The second-order valence-corrected chi connectivity index (χ2v) is 5.29. The lowest BCUT2D eigenvalue weighted by Crippen LogP contribution is -2.59. The second kappa shape index (κ2) is 7.19. The van der Waals surface area contributed by atoms with Gasteiger partial charge >= 0.3 is 0 Å². The average Bonchev–Trinajstić information content (AvgIpc) is 2.48. The van der Waals surface area contributed by atoms with Gasteiger partial charge in [-0.2, -0.15) is 0 Å². The van der Waals surface area contributed by atoms with Gasteiger partial charge in [-0.25, -0.2) is 0 Å². The van der Waals surface area contributed by atoms with E-state index in [0.29, 0.717) is 13.1 Å². The molecule has 1 aliphatic rings. The lowest BCUT2D eigenvalue weighted by molar-refractivity contribution is -0.130. The molecule has 0 spiro atoms. The van der Waals surface area contributed by atoms with Gasteiger partial charge in [-0.15, -0.1) is 0 Å².